The van der Waals surface area contributed by atoms with Gasteiger partial charge in [-0.1, -0.05) is 6.07 Å². The molecular formula is C18H22N2O4S2. The van der Waals surface area contributed by atoms with Gasteiger partial charge in [0.2, 0.25) is 0 Å². The van der Waals surface area contributed by atoms with Gasteiger partial charge in [-0.05, 0) is 48.9 Å². The van der Waals surface area contributed by atoms with E-state index in [9.17, 15) is 8.42 Å². The summed E-state index contributed by atoms with van der Waals surface area (Å²) in [6.45, 7) is 3.16. The number of sulfonamides is 1. The van der Waals surface area contributed by atoms with Crippen LogP contribution in [0.2, 0.25) is 0 Å². The van der Waals surface area contributed by atoms with Crippen LogP contribution < -0.4 is 0 Å². The van der Waals surface area contributed by atoms with E-state index in [0.29, 0.717) is 24.0 Å². The molecule has 4 heterocycles. The molecule has 0 aliphatic carbocycles. The molecule has 0 unspecified atom stereocenters. The minimum absolute atomic E-state index is 0.163. The summed E-state index contributed by atoms with van der Waals surface area (Å²) in [5.74, 6) is 0. The van der Waals surface area contributed by atoms with Crippen molar-refractivity contribution >= 4 is 21.4 Å². The molecule has 8 heteroatoms. The van der Waals surface area contributed by atoms with E-state index >= 15 is 0 Å². The first-order valence-corrected chi connectivity index (χ1v) is 11.1. The summed E-state index contributed by atoms with van der Waals surface area (Å²) < 4.78 is 40.4. The zero-order valence-corrected chi connectivity index (χ0v) is 16.2. The lowest BCUT2D eigenvalue weighted by atomic mass is 10.0. The smallest absolute Gasteiger partial charge is 0.253 e. The van der Waals surface area contributed by atoms with E-state index in [-0.39, 0.29) is 18.2 Å². The van der Waals surface area contributed by atoms with Gasteiger partial charge in [-0.15, -0.1) is 11.3 Å². The first kappa shape index (κ1) is 18.1. The normalized spacial score (nSPS) is 26.7. The first-order chi connectivity index (χ1) is 12.6. The highest BCUT2D eigenvalue weighted by atomic mass is 32.2. The Kier molecular flexibility index (Phi) is 5.11. The molecule has 0 spiro atoms. The van der Waals surface area contributed by atoms with Crippen LogP contribution in [0.3, 0.4) is 0 Å². The second-order valence-corrected chi connectivity index (χ2v) is 9.68. The fourth-order valence-electron chi connectivity index (χ4n) is 3.70. The average Bonchev–Trinajstić information content (AvgIpc) is 3.25. The summed E-state index contributed by atoms with van der Waals surface area (Å²) in [7, 11) is -3.54. The van der Waals surface area contributed by atoms with E-state index in [1.807, 2.05) is 36.6 Å². The number of hydrogen-bond acceptors (Lipinski definition) is 6. The van der Waals surface area contributed by atoms with Crippen LogP contribution in [0, 0.1) is 6.92 Å². The maximum absolute atomic E-state index is 13.2. The van der Waals surface area contributed by atoms with Crippen molar-refractivity contribution in [2.45, 2.75) is 48.8 Å². The molecule has 3 atom stereocenters. The molecule has 2 saturated heterocycles. The van der Waals surface area contributed by atoms with Crippen LogP contribution in [0.4, 0.5) is 0 Å². The molecule has 6 nitrogen and oxygen atoms in total. The van der Waals surface area contributed by atoms with Gasteiger partial charge in [-0.3, -0.25) is 4.98 Å². The summed E-state index contributed by atoms with van der Waals surface area (Å²) in [6, 6.07) is 7.35. The molecule has 2 fully saturated rings. The molecular weight excluding hydrogens is 372 g/mol. The van der Waals surface area contributed by atoms with Crippen molar-refractivity contribution < 1.29 is 17.9 Å². The highest BCUT2D eigenvalue weighted by Crippen LogP contribution is 2.37. The molecule has 0 N–H and O–H groups in total. The third-order valence-corrected chi connectivity index (χ3v) is 8.52. The Balaban J connectivity index is 1.56. The Morgan fingerprint density at radius 3 is 3.00 bits per heavy atom. The van der Waals surface area contributed by atoms with E-state index in [4.69, 9.17) is 9.47 Å². The molecule has 2 aliphatic rings. The number of fused-ring (bicyclic) bond motifs is 1. The number of thiophene rings is 1. The number of aromatic nitrogens is 1. The topological polar surface area (TPSA) is 68.7 Å². The maximum Gasteiger partial charge on any atom is 0.253 e. The molecule has 0 radical (unpaired) electrons. The molecule has 140 valence electrons. The number of aryl methyl sites for hydroxylation is 1. The highest BCUT2D eigenvalue weighted by molar-refractivity contribution is 7.91. The van der Waals surface area contributed by atoms with Gasteiger partial charge in [0.05, 0.1) is 24.4 Å². The Hall–Kier alpha value is -1.32. The highest BCUT2D eigenvalue weighted by Gasteiger charge is 2.50. The standard InChI is InChI=1S/C18H22N2O4S2/c1-13-7-10-25-18(13)26(21,22)20-11-16(17-15(20)6-4-9-23-17)24-12-14-5-2-3-8-19-14/h2-3,5,7-8,10,15-17H,4,6,9,11-12H2,1H3/t15-,16+,17+/m1/s1. The molecule has 0 aromatic carbocycles. The van der Waals surface area contributed by atoms with E-state index in [1.54, 1.807) is 10.5 Å². The van der Waals surface area contributed by atoms with Crippen LogP contribution in [0.1, 0.15) is 24.1 Å². The first-order valence-electron chi connectivity index (χ1n) is 8.76. The Labute approximate surface area is 157 Å². The SMILES string of the molecule is Cc1ccsc1S(=O)(=O)N1C[C@H](OCc2ccccn2)[C@H]2OCCC[C@H]21. The number of pyridine rings is 1. The molecule has 4 rings (SSSR count). The van der Waals surface area contributed by atoms with Crippen LogP contribution in [0.25, 0.3) is 0 Å². The van der Waals surface area contributed by atoms with Gasteiger partial charge in [0.15, 0.2) is 0 Å². The van der Waals surface area contributed by atoms with Crippen LogP contribution in [0.5, 0.6) is 0 Å². The van der Waals surface area contributed by atoms with Gasteiger partial charge in [0.1, 0.15) is 10.3 Å². The monoisotopic (exact) mass is 394 g/mol. The number of rotatable bonds is 5. The predicted octanol–water partition coefficient (Wildman–Crippen LogP) is 2.59. The summed E-state index contributed by atoms with van der Waals surface area (Å²) in [6.07, 6.45) is 2.89. The van der Waals surface area contributed by atoms with Crippen molar-refractivity contribution in [2.24, 2.45) is 0 Å². The van der Waals surface area contributed by atoms with Crippen molar-refractivity contribution in [1.82, 2.24) is 9.29 Å². The third-order valence-electron chi connectivity index (χ3n) is 4.96. The van der Waals surface area contributed by atoms with Crippen molar-refractivity contribution in [1.29, 1.82) is 0 Å². The minimum atomic E-state index is -3.54. The Morgan fingerprint density at radius 2 is 2.27 bits per heavy atom. The third kappa shape index (κ3) is 3.32. The summed E-state index contributed by atoms with van der Waals surface area (Å²) in [5, 5.41) is 1.82. The molecule has 0 bridgehead atoms. The lowest BCUT2D eigenvalue weighted by molar-refractivity contribution is -0.0807. The Morgan fingerprint density at radius 1 is 1.38 bits per heavy atom. The second kappa shape index (κ2) is 7.36. The molecule has 2 aromatic heterocycles. The van der Waals surface area contributed by atoms with Crippen molar-refractivity contribution in [3.63, 3.8) is 0 Å². The van der Waals surface area contributed by atoms with Gasteiger partial charge in [0, 0.05) is 19.3 Å². The number of ether oxygens (including phenoxy) is 2. The fourth-order valence-corrected chi connectivity index (χ4v) is 6.90. The van der Waals surface area contributed by atoms with Gasteiger partial charge in [0.25, 0.3) is 10.0 Å². The lowest BCUT2D eigenvalue weighted by Crippen LogP contribution is -2.43. The van der Waals surface area contributed by atoms with Crippen LogP contribution >= 0.6 is 11.3 Å². The number of nitrogens with zero attached hydrogens (tertiary/aromatic N) is 2. The van der Waals surface area contributed by atoms with E-state index in [1.165, 1.54) is 11.3 Å². The quantitative estimate of drug-likeness (QED) is 0.780. The maximum atomic E-state index is 13.2. The lowest BCUT2D eigenvalue weighted by Gasteiger charge is -2.31. The molecule has 0 amide bonds. The van der Waals surface area contributed by atoms with Crippen LogP contribution in [0.15, 0.2) is 40.1 Å². The number of hydrogen-bond donors (Lipinski definition) is 0. The molecule has 26 heavy (non-hydrogen) atoms. The minimum Gasteiger partial charge on any atom is -0.374 e. The van der Waals surface area contributed by atoms with E-state index in [0.717, 1.165) is 24.1 Å². The predicted molar refractivity (Wildman–Crippen MR) is 98.5 cm³/mol. The largest absolute Gasteiger partial charge is 0.374 e. The van der Waals surface area contributed by atoms with E-state index < -0.39 is 10.0 Å². The van der Waals surface area contributed by atoms with Crippen molar-refractivity contribution in [3.8, 4) is 0 Å². The Bertz CT molecular complexity index is 853. The summed E-state index contributed by atoms with van der Waals surface area (Å²) >= 11 is 1.27. The van der Waals surface area contributed by atoms with Gasteiger partial charge in [-0.2, -0.15) is 4.31 Å². The van der Waals surface area contributed by atoms with Crippen molar-refractivity contribution in [3.05, 3.63) is 47.1 Å². The van der Waals surface area contributed by atoms with Crippen molar-refractivity contribution in [2.75, 3.05) is 13.2 Å². The van der Waals surface area contributed by atoms with Gasteiger partial charge in [-0.25, -0.2) is 8.42 Å². The van der Waals surface area contributed by atoms with Gasteiger partial charge >= 0.3 is 0 Å². The van der Waals surface area contributed by atoms with E-state index in [2.05, 4.69) is 4.98 Å². The van der Waals surface area contributed by atoms with Crippen LogP contribution in [-0.4, -0.2) is 49.1 Å². The summed E-state index contributed by atoms with van der Waals surface area (Å²) in [5.41, 5.74) is 1.62. The fraction of sp³-hybridized carbons (Fsp3) is 0.500. The summed E-state index contributed by atoms with van der Waals surface area (Å²) in [4.78, 5) is 4.27. The molecule has 0 saturated carbocycles. The van der Waals surface area contributed by atoms with Crippen LogP contribution in [-0.2, 0) is 26.1 Å². The van der Waals surface area contributed by atoms with Gasteiger partial charge < -0.3 is 9.47 Å². The zero-order valence-electron chi connectivity index (χ0n) is 14.6. The zero-order chi connectivity index (χ0) is 18.1. The second-order valence-electron chi connectivity index (χ2n) is 6.68. The average molecular weight is 395 g/mol. The molecule has 2 aromatic rings. The molecule has 2 aliphatic heterocycles.